The maximum absolute atomic E-state index is 11.8. The first kappa shape index (κ1) is 16.0. The van der Waals surface area contributed by atoms with Crippen molar-refractivity contribution in [1.82, 2.24) is 10.9 Å². The van der Waals surface area contributed by atoms with Crippen molar-refractivity contribution in [2.24, 2.45) is 0 Å². The van der Waals surface area contributed by atoms with Gasteiger partial charge in [-0.15, -0.1) is 0 Å². The van der Waals surface area contributed by atoms with Crippen molar-refractivity contribution in [2.75, 3.05) is 6.61 Å². The number of hydrogen-bond acceptors (Lipinski definition) is 3. The molecule has 0 atom stereocenters. The maximum Gasteiger partial charge on any atom is 0.276 e. The van der Waals surface area contributed by atoms with Gasteiger partial charge in [0, 0.05) is 10.0 Å². The number of benzene rings is 2. The summed E-state index contributed by atoms with van der Waals surface area (Å²) in [6.45, 7) is 1.72. The third-order valence-corrected chi connectivity index (χ3v) is 3.40. The van der Waals surface area contributed by atoms with Crippen LogP contribution in [0, 0.1) is 6.92 Å². The highest BCUT2D eigenvalue weighted by molar-refractivity contribution is 9.10. The molecule has 2 aromatic rings. The van der Waals surface area contributed by atoms with Gasteiger partial charge in [0.1, 0.15) is 5.75 Å². The molecule has 0 fully saturated rings. The van der Waals surface area contributed by atoms with Gasteiger partial charge in [0.2, 0.25) is 0 Å². The summed E-state index contributed by atoms with van der Waals surface area (Å²) < 4.78 is 6.26. The van der Waals surface area contributed by atoms with Crippen LogP contribution in [0.4, 0.5) is 0 Å². The van der Waals surface area contributed by atoms with E-state index in [-0.39, 0.29) is 6.61 Å². The summed E-state index contributed by atoms with van der Waals surface area (Å²) in [6.07, 6.45) is 0. The second-order valence-corrected chi connectivity index (χ2v) is 5.48. The van der Waals surface area contributed by atoms with E-state index in [4.69, 9.17) is 4.74 Å². The Morgan fingerprint density at radius 3 is 2.41 bits per heavy atom. The number of carbonyl (C=O) groups is 2. The fourth-order valence-electron chi connectivity index (χ4n) is 1.70. The van der Waals surface area contributed by atoms with E-state index in [0.29, 0.717) is 11.3 Å². The quantitative estimate of drug-likeness (QED) is 0.821. The molecule has 0 saturated heterocycles. The zero-order chi connectivity index (χ0) is 15.9. The lowest BCUT2D eigenvalue weighted by Crippen LogP contribution is -2.43. The molecular weight excluding hydrogens is 348 g/mol. The van der Waals surface area contributed by atoms with Crippen LogP contribution in [0.15, 0.2) is 53.0 Å². The second-order valence-electron chi connectivity index (χ2n) is 4.56. The molecule has 0 aromatic heterocycles. The third-order valence-electron chi connectivity index (χ3n) is 2.87. The summed E-state index contributed by atoms with van der Waals surface area (Å²) >= 11 is 3.29. The van der Waals surface area contributed by atoms with E-state index >= 15 is 0 Å². The van der Waals surface area contributed by atoms with Gasteiger partial charge < -0.3 is 4.74 Å². The Morgan fingerprint density at radius 2 is 1.73 bits per heavy atom. The maximum atomic E-state index is 11.8. The lowest BCUT2D eigenvalue weighted by atomic mass is 10.2. The lowest BCUT2D eigenvalue weighted by Gasteiger charge is -2.10. The number of rotatable bonds is 4. The van der Waals surface area contributed by atoms with Crippen LogP contribution in [0.1, 0.15) is 15.9 Å². The minimum Gasteiger partial charge on any atom is -0.483 e. The molecule has 0 radical (unpaired) electrons. The van der Waals surface area contributed by atoms with E-state index in [2.05, 4.69) is 26.8 Å². The molecule has 0 unspecified atom stereocenters. The molecule has 0 spiro atoms. The highest BCUT2D eigenvalue weighted by Crippen LogP contribution is 2.15. The van der Waals surface area contributed by atoms with Crippen LogP contribution >= 0.6 is 15.9 Å². The van der Waals surface area contributed by atoms with Gasteiger partial charge in [0.05, 0.1) is 0 Å². The predicted molar refractivity (Wildman–Crippen MR) is 86.4 cm³/mol. The summed E-state index contributed by atoms with van der Waals surface area (Å²) in [5.41, 5.74) is 6.03. The van der Waals surface area contributed by atoms with Gasteiger partial charge in [-0.3, -0.25) is 20.4 Å². The number of halogens is 1. The SMILES string of the molecule is Cc1ccccc1OCC(=O)NNC(=O)c1ccc(Br)cc1. The Hall–Kier alpha value is -2.34. The van der Waals surface area contributed by atoms with Gasteiger partial charge in [0.15, 0.2) is 6.61 Å². The van der Waals surface area contributed by atoms with E-state index in [1.807, 2.05) is 25.1 Å². The minimum absolute atomic E-state index is 0.175. The average Bonchev–Trinajstić information content (AvgIpc) is 2.52. The molecule has 2 N–H and O–H groups in total. The Labute approximate surface area is 136 Å². The van der Waals surface area contributed by atoms with Crippen LogP contribution in [0.3, 0.4) is 0 Å². The molecule has 2 aromatic carbocycles. The molecular formula is C16H15BrN2O3. The summed E-state index contributed by atoms with van der Waals surface area (Å²) in [5.74, 6) is -0.192. The zero-order valence-corrected chi connectivity index (χ0v) is 13.5. The third kappa shape index (κ3) is 4.60. The fraction of sp³-hybridized carbons (Fsp3) is 0.125. The Balaban J connectivity index is 1.79. The van der Waals surface area contributed by atoms with Crippen LogP contribution in [0.25, 0.3) is 0 Å². The zero-order valence-electron chi connectivity index (χ0n) is 11.9. The van der Waals surface area contributed by atoms with Gasteiger partial charge in [-0.2, -0.15) is 0 Å². The number of carbonyl (C=O) groups excluding carboxylic acids is 2. The topological polar surface area (TPSA) is 67.4 Å². The fourth-order valence-corrected chi connectivity index (χ4v) is 1.96. The summed E-state index contributed by atoms with van der Waals surface area (Å²) in [4.78, 5) is 23.5. The van der Waals surface area contributed by atoms with E-state index in [1.165, 1.54) is 0 Å². The Bertz CT molecular complexity index is 671. The van der Waals surface area contributed by atoms with Crippen LogP contribution in [-0.2, 0) is 4.79 Å². The van der Waals surface area contributed by atoms with Crippen molar-refractivity contribution < 1.29 is 14.3 Å². The number of aryl methyl sites for hydroxylation is 1. The normalized spacial score (nSPS) is 9.91. The second kappa shape index (κ2) is 7.61. The summed E-state index contributed by atoms with van der Waals surface area (Å²) in [5, 5.41) is 0. The molecule has 0 aliphatic carbocycles. The number of para-hydroxylation sites is 1. The van der Waals surface area contributed by atoms with Crippen LogP contribution < -0.4 is 15.6 Å². The molecule has 6 heteroatoms. The number of amides is 2. The van der Waals surface area contributed by atoms with Crippen LogP contribution in [-0.4, -0.2) is 18.4 Å². The molecule has 0 saturated carbocycles. The number of hydrazine groups is 1. The standard InChI is InChI=1S/C16H15BrN2O3/c1-11-4-2-3-5-14(11)22-10-15(20)18-19-16(21)12-6-8-13(17)9-7-12/h2-9H,10H2,1H3,(H,18,20)(H,19,21). The summed E-state index contributed by atoms with van der Waals surface area (Å²) in [6, 6.07) is 14.2. The molecule has 22 heavy (non-hydrogen) atoms. The van der Waals surface area contributed by atoms with Crippen molar-refractivity contribution >= 4 is 27.7 Å². The van der Waals surface area contributed by atoms with Gasteiger partial charge in [0.25, 0.3) is 11.8 Å². The van der Waals surface area contributed by atoms with Gasteiger partial charge >= 0.3 is 0 Å². The Kier molecular flexibility index (Phi) is 5.55. The smallest absolute Gasteiger partial charge is 0.276 e. The van der Waals surface area contributed by atoms with Crippen LogP contribution in [0.2, 0.25) is 0 Å². The molecule has 0 bridgehead atoms. The first-order valence-corrected chi connectivity index (χ1v) is 7.39. The van der Waals surface area contributed by atoms with Crippen molar-refractivity contribution in [3.8, 4) is 5.75 Å². The molecule has 2 amide bonds. The Morgan fingerprint density at radius 1 is 1.05 bits per heavy atom. The monoisotopic (exact) mass is 362 g/mol. The average molecular weight is 363 g/mol. The molecule has 0 heterocycles. The van der Waals surface area contributed by atoms with Crippen LogP contribution in [0.5, 0.6) is 5.75 Å². The van der Waals surface area contributed by atoms with Gasteiger partial charge in [-0.05, 0) is 42.8 Å². The van der Waals surface area contributed by atoms with E-state index in [9.17, 15) is 9.59 Å². The highest BCUT2D eigenvalue weighted by atomic mass is 79.9. The predicted octanol–water partition coefficient (Wildman–Crippen LogP) is 2.60. The molecule has 5 nitrogen and oxygen atoms in total. The van der Waals surface area contributed by atoms with Gasteiger partial charge in [-0.25, -0.2) is 0 Å². The van der Waals surface area contributed by atoms with Crippen molar-refractivity contribution in [3.05, 3.63) is 64.1 Å². The van der Waals surface area contributed by atoms with Crippen molar-refractivity contribution in [2.45, 2.75) is 6.92 Å². The summed E-state index contributed by atoms with van der Waals surface area (Å²) in [7, 11) is 0. The minimum atomic E-state index is -0.436. The molecule has 0 aliphatic heterocycles. The molecule has 2 rings (SSSR count). The number of nitrogens with one attached hydrogen (secondary N) is 2. The van der Waals surface area contributed by atoms with E-state index in [1.54, 1.807) is 30.3 Å². The molecule has 114 valence electrons. The van der Waals surface area contributed by atoms with E-state index in [0.717, 1.165) is 10.0 Å². The number of hydrogen-bond donors (Lipinski definition) is 2. The first-order valence-electron chi connectivity index (χ1n) is 6.59. The lowest BCUT2D eigenvalue weighted by molar-refractivity contribution is -0.123. The number of ether oxygens (including phenoxy) is 1. The molecule has 0 aliphatic rings. The van der Waals surface area contributed by atoms with Gasteiger partial charge in [-0.1, -0.05) is 34.1 Å². The van der Waals surface area contributed by atoms with E-state index < -0.39 is 11.8 Å². The van der Waals surface area contributed by atoms with Crippen molar-refractivity contribution in [1.29, 1.82) is 0 Å². The largest absolute Gasteiger partial charge is 0.483 e. The first-order chi connectivity index (χ1) is 10.6. The van der Waals surface area contributed by atoms with Crippen molar-refractivity contribution in [3.63, 3.8) is 0 Å². The highest BCUT2D eigenvalue weighted by Gasteiger charge is 2.08.